The number of rotatable bonds is 4. The lowest BCUT2D eigenvalue weighted by Crippen LogP contribution is -2.22. The minimum absolute atomic E-state index is 0.241. The third-order valence-corrected chi connectivity index (χ3v) is 4.31. The molecule has 3 aromatic rings. The van der Waals surface area contributed by atoms with Crippen LogP contribution < -0.4 is 4.74 Å². The summed E-state index contributed by atoms with van der Waals surface area (Å²) in [6, 6.07) is 9.10. The molecule has 0 bridgehead atoms. The average Bonchev–Trinajstić information content (AvgIpc) is 2.56. The first-order chi connectivity index (χ1) is 11.9. The van der Waals surface area contributed by atoms with Crippen molar-refractivity contribution in [3.8, 4) is 16.9 Å². The van der Waals surface area contributed by atoms with Crippen molar-refractivity contribution < 1.29 is 19.0 Å². The van der Waals surface area contributed by atoms with Gasteiger partial charge in [-0.3, -0.25) is 0 Å². The first-order valence-corrected chi connectivity index (χ1v) is 8.05. The van der Waals surface area contributed by atoms with E-state index in [4.69, 9.17) is 33.0 Å². The normalized spacial score (nSPS) is 12.2. The molecule has 0 amide bonds. The second-order valence-electron chi connectivity index (χ2n) is 5.39. The van der Waals surface area contributed by atoms with Gasteiger partial charge in [-0.15, -0.1) is 0 Å². The molecule has 128 valence electrons. The second-order valence-corrected chi connectivity index (χ2v) is 6.16. The maximum atomic E-state index is 13.3. The summed E-state index contributed by atoms with van der Waals surface area (Å²) in [4.78, 5) is 15.1. The topological polar surface area (TPSA) is 59.4 Å². The molecular weight excluding hydrogens is 368 g/mol. The summed E-state index contributed by atoms with van der Waals surface area (Å²) in [7, 11) is 0. The van der Waals surface area contributed by atoms with Crippen LogP contribution in [0.3, 0.4) is 0 Å². The molecule has 7 heteroatoms. The Bertz CT molecular complexity index is 978. The molecule has 0 saturated heterocycles. The number of fused-ring (bicyclic) bond motifs is 1. The van der Waals surface area contributed by atoms with Crippen LogP contribution in [0.25, 0.3) is 21.9 Å². The van der Waals surface area contributed by atoms with Crippen LogP contribution in [0.1, 0.15) is 6.92 Å². The SMILES string of the molecule is C[C@@H](Oc1ccc2c(-c3ccc(F)cc3Cl)cnc(Cl)c2c1)C(=O)O. The van der Waals surface area contributed by atoms with E-state index in [-0.39, 0.29) is 10.2 Å². The van der Waals surface area contributed by atoms with E-state index in [1.54, 1.807) is 30.5 Å². The zero-order chi connectivity index (χ0) is 18.1. The van der Waals surface area contributed by atoms with Gasteiger partial charge in [-0.1, -0.05) is 23.2 Å². The summed E-state index contributed by atoms with van der Waals surface area (Å²) >= 11 is 12.3. The Morgan fingerprint density at radius 1 is 1.16 bits per heavy atom. The number of carbonyl (C=O) groups is 1. The molecule has 1 heterocycles. The number of carboxylic acid groups (broad SMARTS) is 1. The van der Waals surface area contributed by atoms with Gasteiger partial charge in [0, 0.05) is 22.7 Å². The van der Waals surface area contributed by atoms with Crippen molar-refractivity contribution in [2.75, 3.05) is 0 Å². The summed E-state index contributed by atoms with van der Waals surface area (Å²) in [5, 5.41) is 10.8. The Labute approximate surface area is 152 Å². The molecule has 1 atom stereocenters. The summed E-state index contributed by atoms with van der Waals surface area (Å²) in [5.74, 6) is -1.15. The van der Waals surface area contributed by atoms with Gasteiger partial charge in [-0.05, 0) is 48.7 Å². The van der Waals surface area contributed by atoms with E-state index in [0.29, 0.717) is 22.3 Å². The highest BCUT2D eigenvalue weighted by atomic mass is 35.5. The maximum Gasteiger partial charge on any atom is 0.344 e. The summed E-state index contributed by atoms with van der Waals surface area (Å²) < 4.78 is 18.7. The molecule has 0 spiro atoms. The molecule has 1 aromatic heterocycles. The van der Waals surface area contributed by atoms with Crippen LogP contribution in [0.2, 0.25) is 10.2 Å². The standard InChI is InChI=1S/C18H12Cl2FNO3/c1-9(18(23)24)25-11-3-5-12-14(7-11)17(20)22-8-15(12)13-4-2-10(21)6-16(13)19/h2-9H,1H3,(H,23,24)/t9-/m1/s1. The Morgan fingerprint density at radius 3 is 2.60 bits per heavy atom. The Hall–Kier alpha value is -2.37. The average molecular weight is 380 g/mol. The van der Waals surface area contributed by atoms with Gasteiger partial charge in [-0.25, -0.2) is 14.2 Å². The van der Waals surface area contributed by atoms with E-state index in [1.807, 2.05) is 0 Å². The van der Waals surface area contributed by atoms with Crippen LogP contribution in [-0.2, 0) is 4.79 Å². The van der Waals surface area contributed by atoms with Crippen LogP contribution in [0.5, 0.6) is 5.75 Å². The Kier molecular flexibility index (Phi) is 4.79. The minimum Gasteiger partial charge on any atom is -0.479 e. The van der Waals surface area contributed by atoms with Crippen LogP contribution >= 0.6 is 23.2 Å². The molecular formula is C18H12Cl2FNO3. The lowest BCUT2D eigenvalue weighted by Gasteiger charge is -2.13. The van der Waals surface area contributed by atoms with Crippen LogP contribution in [0, 0.1) is 5.82 Å². The predicted molar refractivity (Wildman–Crippen MR) is 94.9 cm³/mol. The number of pyridine rings is 1. The number of ether oxygens (including phenoxy) is 1. The number of aliphatic carboxylic acids is 1. The van der Waals surface area contributed by atoms with Gasteiger partial charge in [0.15, 0.2) is 6.10 Å². The van der Waals surface area contributed by atoms with Gasteiger partial charge in [0.2, 0.25) is 0 Å². The molecule has 0 saturated carbocycles. The van der Waals surface area contributed by atoms with Crippen molar-refractivity contribution in [2.24, 2.45) is 0 Å². The lowest BCUT2D eigenvalue weighted by molar-refractivity contribution is -0.144. The first-order valence-electron chi connectivity index (χ1n) is 7.30. The molecule has 0 radical (unpaired) electrons. The molecule has 1 N–H and O–H groups in total. The molecule has 4 nitrogen and oxygen atoms in total. The summed E-state index contributed by atoms with van der Waals surface area (Å²) in [6.07, 6.45) is 0.559. The van der Waals surface area contributed by atoms with Crippen molar-refractivity contribution in [1.82, 2.24) is 4.98 Å². The van der Waals surface area contributed by atoms with Crippen LogP contribution in [0.15, 0.2) is 42.6 Å². The predicted octanol–water partition coefficient (Wildman–Crippen LogP) is 5.20. The first kappa shape index (κ1) is 17.5. The monoisotopic (exact) mass is 379 g/mol. The van der Waals surface area contributed by atoms with Gasteiger partial charge in [0.25, 0.3) is 0 Å². The number of benzene rings is 2. The van der Waals surface area contributed by atoms with Gasteiger partial charge >= 0.3 is 5.97 Å². The fourth-order valence-electron chi connectivity index (χ4n) is 2.44. The number of hydrogen-bond acceptors (Lipinski definition) is 3. The highest BCUT2D eigenvalue weighted by Crippen LogP contribution is 2.37. The molecule has 2 aromatic carbocycles. The fraction of sp³-hybridized carbons (Fsp3) is 0.111. The number of hydrogen-bond donors (Lipinski definition) is 1. The van der Waals surface area contributed by atoms with E-state index >= 15 is 0 Å². The summed E-state index contributed by atoms with van der Waals surface area (Å²) in [6.45, 7) is 1.43. The Morgan fingerprint density at radius 2 is 1.92 bits per heavy atom. The van der Waals surface area contributed by atoms with E-state index < -0.39 is 17.9 Å². The van der Waals surface area contributed by atoms with E-state index in [9.17, 15) is 9.18 Å². The number of nitrogens with zero attached hydrogens (tertiary/aromatic N) is 1. The van der Waals surface area contributed by atoms with Crippen molar-refractivity contribution in [3.05, 3.63) is 58.6 Å². The van der Waals surface area contributed by atoms with Gasteiger partial charge in [0.05, 0.1) is 5.02 Å². The molecule has 0 aliphatic carbocycles. The zero-order valence-electron chi connectivity index (χ0n) is 13.0. The summed E-state index contributed by atoms with van der Waals surface area (Å²) in [5.41, 5.74) is 1.30. The highest BCUT2D eigenvalue weighted by Gasteiger charge is 2.15. The fourth-order valence-corrected chi connectivity index (χ4v) is 2.91. The zero-order valence-corrected chi connectivity index (χ0v) is 14.5. The lowest BCUT2D eigenvalue weighted by atomic mass is 10.0. The third-order valence-electron chi connectivity index (χ3n) is 3.69. The quantitative estimate of drug-likeness (QED) is 0.632. The number of halogens is 3. The second kappa shape index (κ2) is 6.86. The molecule has 0 fully saturated rings. The molecule has 3 rings (SSSR count). The van der Waals surface area contributed by atoms with E-state index in [1.165, 1.54) is 19.1 Å². The molecule has 25 heavy (non-hydrogen) atoms. The van der Waals surface area contributed by atoms with Crippen LogP contribution in [-0.4, -0.2) is 22.2 Å². The van der Waals surface area contributed by atoms with Gasteiger partial charge in [0.1, 0.15) is 16.7 Å². The molecule has 0 aliphatic heterocycles. The van der Waals surface area contributed by atoms with Crippen LogP contribution in [0.4, 0.5) is 4.39 Å². The van der Waals surface area contributed by atoms with Gasteiger partial charge in [-0.2, -0.15) is 0 Å². The molecule has 0 unspecified atom stereocenters. The number of carboxylic acids is 1. The maximum absolute atomic E-state index is 13.3. The Balaban J connectivity index is 2.13. The smallest absolute Gasteiger partial charge is 0.344 e. The van der Waals surface area contributed by atoms with Crippen molar-refractivity contribution in [1.29, 1.82) is 0 Å². The van der Waals surface area contributed by atoms with Gasteiger partial charge < -0.3 is 9.84 Å². The highest BCUT2D eigenvalue weighted by molar-refractivity contribution is 6.36. The molecule has 0 aliphatic rings. The third kappa shape index (κ3) is 3.52. The van der Waals surface area contributed by atoms with Crippen molar-refractivity contribution in [3.63, 3.8) is 0 Å². The van der Waals surface area contributed by atoms with Crippen molar-refractivity contribution >= 4 is 39.9 Å². The minimum atomic E-state index is -1.07. The van der Waals surface area contributed by atoms with E-state index in [2.05, 4.69) is 4.98 Å². The number of aromatic nitrogens is 1. The van der Waals surface area contributed by atoms with Crippen molar-refractivity contribution in [2.45, 2.75) is 13.0 Å². The van der Waals surface area contributed by atoms with E-state index in [0.717, 1.165) is 5.39 Å². The largest absolute Gasteiger partial charge is 0.479 e.